The summed E-state index contributed by atoms with van der Waals surface area (Å²) in [5, 5.41) is 15.1. The molecule has 1 heterocycles. The van der Waals surface area contributed by atoms with Crippen LogP contribution in [0.3, 0.4) is 0 Å². The summed E-state index contributed by atoms with van der Waals surface area (Å²) in [5.41, 5.74) is 0. The number of nitrogens with one attached hydrogen (secondary N) is 2. The molecule has 1 amide bonds. The van der Waals surface area contributed by atoms with E-state index in [0.717, 1.165) is 13.1 Å². The molecular formula is C9H19N3O2. The predicted octanol–water partition coefficient (Wildman–Crippen LogP) is -1.61. The first-order valence-corrected chi connectivity index (χ1v) is 5.04. The van der Waals surface area contributed by atoms with Crippen molar-refractivity contribution in [1.29, 1.82) is 0 Å². The smallest absolute Gasteiger partial charge is 0.223 e. The van der Waals surface area contributed by atoms with Crippen LogP contribution in [0.1, 0.15) is 6.42 Å². The van der Waals surface area contributed by atoms with Gasteiger partial charge in [0.05, 0.1) is 6.61 Å². The molecule has 0 spiro atoms. The first-order valence-electron chi connectivity index (χ1n) is 5.04. The summed E-state index contributed by atoms with van der Waals surface area (Å²) in [7, 11) is 1.83. The molecule has 5 nitrogen and oxygen atoms in total. The van der Waals surface area contributed by atoms with Gasteiger partial charge < -0.3 is 20.6 Å². The number of carbonyl (C=O) groups is 1. The van der Waals surface area contributed by atoms with Crippen LogP contribution in [-0.4, -0.2) is 61.8 Å². The number of nitrogens with zero attached hydrogens (tertiary/aromatic N) is 1. The molecule has 0 aromatic rings. The van der Waals surface area contributed by atoms with E-state index in [1.54, 1.807) is 0 Å². The standard InChI is InChI=1S/C9H19N3O2/c1-10-3-2-9(14)12-5-4-11-8(6-12)7-13/h8,10-11,13H,2-7H2,1H3. The molecule has 1 aliphatic rings. The van der Waals surface area contributed by atoms with E-state index in [2.05, 4.69) is 10.6 Å². The lowest BCUT2D eigenvalue weighted by atomic mass is 10.2. The Morgan fingerprint density at radius 2 is 2.50 bits per heavy atom. The summed E-state index contributed by atoms with van der Waals surface area (Å²) < 4.78 is 0. The Balaban J connectivity index is 2.31. The summed E-state index contributed by atoms with van der Waals surface area (Å²) in [6.07, 6.45) is 0.536. The Morgan fingerprint density at radius 3 is 3.14 bits per heavy atom. The summed E-state index contributed by atoms with van der Waals surface area (Å²) in [4.78, 5) is 13.4. The van der Waals surface area contributed by atoms with Crippen LogP contribution in [0.25, 0.3) is 0 Å². The maximum absolute atomic E-state index is 11.6. The van der Waals surface area contributed by atoms with Gasteiger partial charge in [-0.05, 0) is 7.05 Å². The number of aliphatic hydroxyl groups excluding tert-OH is 1. The molecule has 5 heteroatoms. The van der Waals surface area contributed by atoms with Gasteiger partial charge in [-0.2, -0.15) is 0 Å². The van der Waals surface area contributed by atoms with Crippen molar-refractivity contribution in [1.82, 2.24) is 15.5 Å². The quantitative estimate of drug-likeness (QED) is 0.512. The maximum atomic E-state index is 11.6. The zero-order chi connectivity index (χ0) is 10.4. The fraction of sp³-hybridized carbons (Fsp3) is 0.889. The summed E-state index contributed by atoms with van der Waals surface area (Å²) in [6, 6.07) is 0.0438. The van der Waals surface area contributed by atoms with Crippen molar-refractivity contribution in [3.63, 3.8) is 0 Å². The molecule has 0 radical (unpaired) electrons. The molecule has 14 heavy (non-hydrogen) atoms. The Kier molecular flexibility index (Phi) is 4.86. The minimum atomic E-state index is 0.0438. The van der Waals surface area contributed by atoms with E-state index < -0.39 is 0 Å². The third-order valence-corrected chi connectivity index (χ3v) is 2.42. The second-order valence-electron chi connectivity index (χ2n) is 3.53. The molecular weight excluding hydrogens is 182 g/mol. The van der Waals surface area contributed by atoms with Gasteiger partial charge in [0.2, 0.25) is 5.91 Å². The van der Waals surface area contributed by atoms with Gasteiger partial charge in [-0.1, -0.05) is 0 Å². The first-order chi connectivity index (χ1) is 6.77. The zero-order valence-electron chi connectivity index (χ0n) is 8.62. The van der Waals surface area contributed by atoms with Crippen LogP contribution < -0.4 is 10.6 Å². The number of carbonyl (C=O) groups excluding carboxylic acids is 1. The topological polar surface area (TPSA) is 64.6 Å². The second kappa shape index (κ2) is 5.95. The van der Waals surface area contributed by atoms with Crippen molar-refractivity contribution in [2.24, 2.45) is 0 Å². The highest BCUT2D eigenvalue weighted by molar-refractivity contribution is 5.76. The van der Waals surface area contributed by atoms with Gasteiger partial charge in [0.15, 0.2) is 0 Å². The van der Waals surface area contributed by atoms with E-state index >= 15 is 0 Å². The average molecular weight is 201 g/mol. The van der Waals surface area contributed by atoms with E-state index in [-0.39, 0.29) is 18.6 Å². The van der Waals surface area contributed by atoms with Crippen LogP contribution in [0.15, 0.2) is 0 Å². The van der Waals surface area contributed by atoms with E-state index in [1.807, 2.05) is 11.9 Å². The first kappa shape index (κ1) is 11.4. The highest BCUT2D eigenvalue weighted by Gasteiger charge is 2.21. The molecule has 0 aliphatic carbocycles. The van der Waals surface area contributed by atoms with Gasteiger partial charge in [-0.3, -0.25) is 4.79 Å². The molecule has 1 rings (SSSR count). The minimum absolute atomic E-state index is 0.0438. The molecule has 0 bridgehead atoms. The van der Waals surface area contributed by atoms with Crippen LogP contribution in [0.2, 0.25) is 0 Å². The van der Waals surface area contributed by atoms with Gasteiger partial charge in [-0.15, -0.1) is 0 Å². The van der Waals surface area contributed by atoms with E-state index in [4.69, 9.17) is 5.11 Å². The number of hydrogen-bond acceptors (Lipinski definition) is 4. The minimum Gasteiger partial charge on any atom is -0.395 e. The molecule has 1 fully saturated rings. The Bertz CT molecular complexity index is 187. The van der Waals surface area contributed by atoms with Gasteiger partial charge >= 0.3 is 0 Å². The van der Waals surface area contributed by atoms with Gasteiger partial charge in [0, 0.05) is 38.6 Å². The van der Waals surface area contributed by atoms with Crippen LogP contribution in [0.4, 0.5) is 0 Å². The van der Waals surface area contributed by atoms with Crippen LogP contribution >= 0.6 is 0 Å². The maximum Gasteiger partial charge on any atom is 0.223 e. The van der Waals surface area contributed by atoms with E-state index in [9.17, 15) is 4.79 Å². The average Bonchev–Trinajstić information content (AvgIpc) is 2.26. The molecule has 0 aromatic carbocycles. The van der Waals surface area contributed by atoms with Crippen LogP contribution in [0, 0.1) is 0 Å². The predicted molar refractivity (Wildman–Crippen MR) is 54.0 cm³/mol. The highest BCUT2D eigenvalue weighted by Crippen LogP contribution is 2.00. The second-order valence-corrected chi connectivity index (χ2v) is 3.53. The van der Waals surface area contributed by atoms with Crippen molar-refractivity contribution >= 4 is 5.91 Å². The lowest BCUT2D eigenvalue weighted by Gasteiger charge is -2.32. The number of piperazine rings is 1. The van der Waals surface area contributed by atoms with Crippen molar-refractivity contribution in [3.05, 3.63) is 0 Å². The zero-order valence-corrected chi connectivity index (χ0v) is 8.62. The van der Waals surface area contributed by atoms with Gasteiger partial charge in [0.25, 0.3) is 0 Å². The molecule has 1 saturated heterocycles. The molecule has 82 valence electrons. The third kappa shape index (κ3) is 3.25. The number of amides is 1. The molecule has 3 N–H and O–H groups in total. The van der Waals surface area contributed by atoms with Gasteiger partial charge in [-0.25, -0.2) is 0 Å². The number of aliphatic hydroxyl groups is 1. The van der Waals surface area contributed by atoms with Crippen LogP contribution in [-0.2, 0) is 4.79 Å². The Hall–Kier alpha value is -0.650. The normalized spacial score (nSPS) is 22.4. The highest BCUT2D eigenvalue weighted by atomic mass is 16.3. The summed E-state index contributed by atoms with van der Waals surface area (Å²) in [6.45, 7) is 2.96. The largest absolute Gasteiger partial charge is 0.395 e. The lowest BCUT2D eigenvalue weighted by Crippen LogP contribution is -2.54. The molecule has 0 aromatic heterocycles. The summed E-state index contributed by atoms with van der Waals surface area (Å²) >= 11 is 0. The SMILES string of the molecule is CNCCC(=O)N1CCNC(CO)C1. The number of rotatable bonds is 4. The van der Waals surface area contributed by atoms with E-state index in [0.29, 0.717) is 19.5 Å². The monoisotopic (exact) mass is 201 g/mol. The summed E-state index contributed by atoms with van der Waals surface area (Å²) in [5.74, 6) is 0.166. The Morgan fingerprint density at radius 1 is 1.71 bits per heavy atom. The van der Waals surface area contributed by atoms with Gasteiger partial charge in [0.1, 0.15) is 0 Å². The van der Waals surface area contributed by atoms with Crippen molar-refractivity contribution in [3.8, 4) is 0 Å². The molecule has 1 aliphatic heterocycles. The van der Waals surface area contributed by atoms with E-state index in [1.165, 1.54) is 0 Å². The molecule has 1 atom stereocenters. The fourth-order valence-electron chi connectivity index (χ4n) is 1.56. The molecule has 1 unspecified atom stereocenters. The van der Waals surface area contributed by atoms with Crippen molar-refractivity contribution in [2.45, 2.75) is 12.5 Å². The van der Waals surface area contributed by atoms with Crippen molar-refractivity contribution in [2.75, 3.05) is 39.8 Å². The third-order valence-electron chi connectivity index (χ3n) is 2.42. The molecule has 0 saturated carbocycles. The Labute approximate surface area is 84.5 Å². The van der Waals surface area contributed by atoms with Crippen LogP contribution in [0.5, 0.6) is 0 Å². The number of hydrogen-bond donors (Lipinski definition) is 3. The van der Waals surface area contributed by atoms with Crippen molar-refractivity contribution < 1.29 is 9.90 Å². The fourth-order valence-corrected chi connectivity index (χ4v) is 1.56. The lowest BCUT2D eigenvalue weighted by molar-refractivity contribution is -0.132.